The van der Waals surface area contributed by atoms with Crippen LogP contribution in [-0.4, -0.2) is 27.6 Å². The molecule has 0 aliphatic rings. The summed E-state index contributed by atoms with van der Waals surface area (Å²) in [5.41, 5.74) is 2.60. The number of amides is 1. The number of carbonyl (C=O) groups excluding carboxylic acids is 1. The number of aromatic nitrogens is 2. The fourth-order valence-corrected chi connectivity index (χ4v) is 3.50. The summed E-state index contributed by atoms with van der Waals surface area (Å²) in [4.78, 5) is 19.8. The minimum atomic E-state index is -0.378. The molecular formula is C22H21Cl2N3O3. The summed E-state index contributed by atoms with van der Waals surface area (Å²) < 4.78 is 5.51. The number of hydrogen-bond acceptors (Lipinski definition) is 5. The number of nitrogens with zero attached hydrogens (tertiary/aromatic N) is 2. The monoisotopic (exact) mass is 445 g/mol. The van der Waals surface area contributed by atoms with Gasteiger partial charge in [0.2, 0.25) is 0 Å². The Morgan fingerprint density at radius 1 is 1.17 bits per heavy atom. The van der Waals surface area contributed by atoms with E-state index in [-0.39, 0.29) is 24.2 Å². The molecule has 0 spiro atoms. The summed E-state index contributed by atoms with van der Waals surface area (Å²) in [5.74, 6) is 0.815. The highest BCUT2D eigenvalue weighted by Gasteiger charge is 2.13. The second-order valence-corrected chi connectivity index (χ2v) is 7.83. The Hall–Kier alpha value is -2.83. The largest absolute Gasteiger partial charge is 0.508 e. The van der Waals surface area contributed by atoms with Crippen molar-refractivity contribution in [1.82, 2.24) is 9.97 Å². The van der Waals surface area contributed by atoms with E-state index < -0.39 is 0 Å². The van der Waals surface area contributed by atoms with Gasteiger partial charge in [-0.2, -0.15) is 0 Å². The van der Waals surface area contributed by atoms with Crippen LogP contribution in [0.15, 0.2) is 48.9 Å². The molecule has 1 aromatic heterocycles. The Morgan fingerprint density at radius 3 is 2.53 bits per heavy atom. The van der Waals surface area contributed by atoms with E-state index in [2.05, 4.69) is 15.3 Å². The van der Waals surface area contributed by atoms with E-state index in [1.807, 2.05) is 26.0 Å². The van der Waals surface area contributed by atoms with Gasteiger partial charge >= 0.3 is 0 Å². The van der Waals surface area contributed by atoms with Crippen LogP contribution in [0, 0.1) is 0 Å². The third kappa shape index (κ3) is 5.62. The number of carbonyl (C=O) groups is 1. The third-order valence-corrected chi connectivity index (χ3v) is 5.08. The first-order valence-corrected chi connectivity index (χ1v) is 10.1. The molecule has 1 heterocycles. The Morgan fingerprint density at radius 2 is 1.90 bits per heavy atom. The van der Waals surface area contributed by atoms with Crippen molar-refractivity contribution in [2.45, 2.75) is 26.2 Å². The van der Waals surface area contributed by atoms with E-state index in [1.54, 1.807) is 18.2 Å². The molecule has 0 bridgehead atoms. The van der Waals surface area contributed by atoms with Crippen LogP contribution in [0.3, 0.4) is 0 Å². The van der Waals surface area contributed by atoms with Crippen LogP contribution >= 0.6 is 23.2 Å². The van der Waals surface area contributed by atoms with Gasteiger partial charge in [-0.3, -0.25) is 9.78 Å². The van der Waals surface area contributed by atoms with E-state index in [1.165, 1.54) is 18.6 Å². The molecule has 6 nitrogen and oxygen atoms in total. The number of benzene rings is 2. The van der Waals surface area contributed by atoms with Crippen LogP contribution in [0.25, 0.3) is 0 Å². The summed E-state index contributed by atoms with van der Waals surface area (Å²) in [6, 6.07) is 8.73. The number of halogens is 2. The number of rotatable bonds is 7. The number of ether oxygens (including phenoxy) is 1. The fourth-order valence-electron chi connectivity index (χ4n) is 2.90. The van der Waals surface area contributed by atoms with Crippen molar-refractivity contribution in [2.24, 2.45) is 0 Å². The van der Waals surface area contributed by atoms with Gasteiger partial charge in [-0.1, -0.05) is 49.2 Å². The SMILES string of the molecule is CC(C)c1cc(Cc2c(Cl)cc(OCC(=O)Nc3cnccn3)cc2Cl)ccc1O. The van der Waals surface area contributed by atoms with Crippen molar-refractivity contribution in [3.63, 3.8) is 0 Å². The molecule has 0 saturated heterocycles. The van der Waals surface area contributed by atoms with E-state index in [9.17, 15) is 9.90 Å². The van der Waals surface area contributed by atoms with E-state index in [0.717, 1.165) is 16.7 Å². The van der Waals surface area contributed by atoms with Crippen molar-refractivity contribution in [2.75, 3.05) is 11.9 Å². The predicted octanol–water partition coefficient (Wildman–Crippen LogP) is 5.22. The van der Waals surface area contributed by atoms with Crippen molar-refractivity contribution in [1.29, 1.82) is 0 Å². The first-order valence-electron chi connectivity index (χ1n) is 9.32. The van der Waals surface area contributed by atoms with Gasteiger partial charge in [0.1, 0.15) is 11.5 Å². The number of anilines is 1. The lowest BCUT2D eigenvalue weighted by molar-refractivity contribution is -0.118. The van der Waals surface area contributed by atoms with Gasteiger partial charge in [-0.05, 0) is 40.8 Å². The van der Waals surface area contributed by atoms with Gasteiger partial charge < -0.3 is 15.2 Å². The molecule has 156 valence electrons. The van der Waals surface area contributed by atoms with Gasteiger partial charge in [-0.15, -0.1) is 0 Å². The highest BCUT2D eigenvalue weighted by atomic mass is 35.5. The third-order valence-electron chi connectivity index (χ3n) is 4.41. The average Bonchev–Trinajstić information content (AvgIpc) is 2.71. The molecule has 2 aromatic carbocycles. The maximum absolute atomic E-state index is 12.0. The average molecular weight is 446 g/mol. The van der Waals surface area contributed by atoms with E-state index >= 15 is 0 Å². The molecule has 3 aromatic rings. The van der Waals surface area contributed by atoms with Crippen molar-refractivity contribution < 1.29 is 14.6 Å². The lowest BCUT2D eigenvalue weighted by atomic mass is 9.96. The first kappa shape index (κ1) is 21.9. The summed E-state index contributed by atoms with van der Waals surface area (Å²) in [6.07, 6.45) is 4.94. The zero-order chi connectivity index (χ0) is 21.7. The first-order chi connectivity index (χ1) is 14.3. The minimum absolute atomic E-state index is 0.194. The summed E-state index contributed by atoms with van der Waals surface area (Å²) in [6.45, 7) is 3.81. The number of aromatic hydroxyl groups is 1. The Kier molecular flexibility index (Phi) is 7.13. The zero-order valence-electron chi connectivity index (χ0n) is 16.5. The molecule has 0 fully saturated rings. The molecule has 0 radical (unpaired) electrons. The lowest BCUT2D eigenvalue weighted by Crippen LogP contribution is -2.20. The van der Waals surface area contributed by atoms with Gasteiger partial charge in [0.25, 0.3) is 5.91 Å². The smallest absolute Gasteiger partial charge is 0.263 e. The molecular weight excluding hydrogens is 425 g/mol. The molecule has 30 heavy (non-hydrogen) atoms. The molecule has 8 heteroatoms. The van der Waals surface area contributed by atoms with Crippen LogP contribution in [0.2, 0.25) is 10.0 Å². The van der Waals surface area contributed by atoms with Gasteiger partial charge in [0.05, 0.1) is 6.20 Å². The number of hydrogen-bond donors (Lipinski definition) is 2. The van der Waals surface area contributed by atoms with Gasteiger partial charge in [0, 0.05) is 28.9 Å². The topological polar surface area (TPSA) is 84.3 Å². The van der Waals surface area contributed by atoms with E-state index in [0.29, 0.717) is 28.0 Å². The standard InChI is InChI=1S/C22H21Cl2N3O3/c1-13(2)16-7-14(3-4-20(16)28)8-17-18(23)9-15(10-19(17)24)30-12-22(29)27-21-11-25-5-6-26-21/h3-7,9-11,13,28H,8,12H2,1-2H3,(H,26,27,29). The number of nitrogens with one attached hydrogen (secondary N) is 1. The molecule has 0 unspecified atom stereocenters. The summed E-state index contributed by atoms with van der Waals surface area (Å²) >= 11 is 12.9. The molecule has 2 N–H and O–H groups in total. The molecule has 0 aliphatic heterocycles. The molecule has 3 rings (SSSR count). The van der Waals surface area contributed by atoms with E-state index in [4.69, 9.17) is 27.9 Å². The van der Waals surface area contributed by atoms with Gasteiger partial charge in [0.15, 0.2) is 12.4 Å². The maximum atomic E-state index is 12.0. The quantitative estimate of drug-likeness (QED) is 0.520. The van der Waals surface area contributed by atoms with Crippen molar-refractivity contribution >= 4 is 34.9 Å². The van der Waals surface area contributed by atoms with Crippen LogP contribution in [-0.2, 0) is 11.2 Å². The highest BCUT2D eigenvalue weighted by molar-refractivity contribution is 6.36. The number of phenolic OH excluding ortho intramolecular Hbond substituents is 1. The molecule has 1 amide bonds. The Balaban J connectivity index is 1.68. The van der Waals surface area contributed by atoms with Crippen molar-refractivity contribution in [3.8, 4) is 11.5 Å². The second kappa shape index (κ2) is 9.78. The highest BCUT2D eigenvalue weighted by Crippen LogP contribution is 2.34. The predicted molar refractivity (Wildman–Crippen MR) is 118 cm³/mol. The zero-order valence-corrected chi connectivity index (χ0v) is 18.0. The van der Waals surface area contributed by atoms with Crippen LogP contribution < -0.4 is 10.1 Å². The Bertz CT molecular complexity index is 1020. The van der Waals surface area contributed by atoms with Crippen LogP contribution in [0.4, 0.5) is 5.82 Å². The van der Waals surface area contributed by atoms with Crippen molar-refractivity contribution in [3.05, 3.63) is 75.7 Å². The molecule has 0 aliphatic carbocycles. The summed E-state index contributed by atoms with van der Waals surface area (Å²) in [7, 11) is 0. The normalized spacial score (nSPS) is 10.8. The minimum Gasteiger partial charge on any atom is -0.508 e. The fraction of sp³-hybridized carbons (Fsp3) is 0.227. The Labute approximate surface area is 184 Å². The summed E-state index contributed by atoms with van der Waals surface area (Å²) in [5, 5.41) is 13.5. The second-order valence-electron chi connectivity index (χ2n) is 7.02. The lowest BCUT2D eigenvalue weighted by Gasteiger charge is -2.14. The number of phenols is 1. The van der Waals surface area contributed by atoms with Crippen LogP contribution in [0.1, 0.15) is 36.5 Å². The molecule has 0 saturated carbocycles. The van der Waals surface area contributed by atoms with Crippen LogP contribution in [0.5, 0.6) is 11.5 Å². The molecule has 0 atom stereocenters. The van der Waals surface area contributed by atoms with Gasteiger partial charge in [-0.25, -0.2) is 4.98 Å². The maximum Gasteiger partial charge on any atom is 0.263 e.